The van der Waals surface area contributed by atoms with E-state index >= 15 is 0 Å². The van der Waals surface area contributed by atoms with Gasteiger partial charge in [0.25, 0.3) is 0 Å². The van der Waals surface area contributed by atoms with E-state index in [0.29, 0.717) is 12.5 Å². The van der Waals surface area contributed by atoms with Gasteiger partial charge in [-0.15, -0.1) is 0 Å². The van der Waals surface area contributed by atoms with Crippen molar-refractivity contribution in [3.8, 4) is 11.1 Å². The number of nitrogens with zero attached hydrogens (tertiary/aromatic N) is 2. The van der Waals surface area contributed by atoms with E-state index in [1.54, 1.807) is 0 Å². The van der Waals surface area contributed by atoms with Crippen LogP contribution in [0.5, 0.6) is 0 Å². The predicted molar refractivity (Wildman–Crippen MR) is 116 cm³/mol. The summed E-state index contributed by atoms with van der Waals surface area (Å²) in [4.78, 5) is 4.96. The Kier molecular flexibility index (Phi) is 5.71. The molecule has 3 nitrogen and oxygen atoms in total. The van der Waals surface area contributed by atoms with E-state index in [1.807, 2.05) is 0 Å². The fraction of sp³-hybridized carbons (Fsp3) is 0.458. The van der Waals surface area contributed by atoms with Gasteiger partial charge in [0.05, 0.1) is 0 Å². The molecular formula is C24H33N3. The molecule has 0 fully saturated rings. The third-order valence-electron chi connectivity index (χ3n) is 5.61. The zero-order chi connectivity index (χ0) is 19.7. The maximum absolute atomic E-state index is 6.19. The molecule has 0 spiro atoms. The molecule has 0 aliphatic heterocycles. The quantitative estimate of drug-likeness (QED) is 0.603. The van der Waals surface area contributed by atoms with Gasteiger partial charge in [0.2, 0.25) is 0 Å². The lowest BCUT2D eigenvalue weighted by atomic mass is 9.95. The third-order valence-corrected chi connectivity index (χ3v) is 5.61. The Labute approximate surface area is 163 Å². The molecule has 27 heavy (non-hydrogen) atoms. The van der Waals surface area contributed by atoms with E-state index in [4.69, 9.17) is 10.7 Å². The van der Waals surface area contributed by atoms with Gasteiger partial charge in [-0.1, -0.05) is 37.5 Å². The first-order valence-electron chi connectivity index (χ1n) is 10.1. The number of benzene rings is 1. The van der Waals surface area contributed by atoms with Crippen LogP contribution in [0.4, 0.5) is 0 Å². The summed E-state index contributed by atoms with van der Waals surface area (Å²) in [6.45, 7) is 13.8. The Morgan fingerprint density at radius 2 is 1.67 bits per heavy atom. The van der Waals surface area contributed by atoms with Crippen molar-refractivity contribution >= 4 is 5.65 Å². The fourth-order valence-electron chi connectivity index (χ4n) is 4.47. The molecule has 1 aromatic carbocycles. The lowest BCUT2D eigenvalue weighted by molar-refractivity contribution is 0.571. The Morgan fingerprint density at radius 3 is 2.26 bits per heavy atom. The largest absolute Gasteiger partial charge is 0.330 e. The lowest BCUT2D eigenvalue weighted by Gasteiger charge is -2.19. The van der Waals surface area contributed by atoms with Crippen molar-refractivity contribution in [2.75, 3.05) is 6.54 Å². The molecule has 0 amide bonds. The summed E-state index contributed by atoms with van der Waals surface area (Å²) in [6.07, 6.45) is 3.52. The average molecular weight is 364 g/mol. The summed E-state index contributed by atoms with van der Waals surface area (Å²) in [7, 11) is 0. The molecule has 144 valence electrons. The Balaban J connectivity index is 2.27. The van der Waals surface area contributed by atoms with Gasteiger partial charge >= 0.3 is 0 Å². The first kappa shape index (κ1) is 19.6. The van der Waals surface area contributed by atoms with Crippen LogP contribution in [-0.2, 0) is 0 Å². The highest BCUT2D eigenvalue weighted by atomic mass is 15.0. The van der Waals surface area contributed by atoms with Crippen LogP contribution in [0, 0.1) is 34.6 Å². The molecule has 0 bridgehead atoms. The van der Waals surface area contributed by atoms with Crippen LogP contribution in [0.1, 0.15) is 65.9 Å². The monoisotopic (exact) mass is 363 g/mol. The summed E-state index contributed by atoms with van der Waals surface area (Å²) in [5.41, 5.74) is 17.3. The molecule has 3 heteroatoms. The first-order chi connectivity index (χ1) is 12.9. The number of aryl methyl sites for hydroxylation is 5. The highest BCUT2D eigenvalue weighted by molar-refractivity contribution is 5.83. The van der Waals surface area contributed by atoms with Crippen LogP contribution >= 0.6 is 0 Å². The van der Waals surface area contributed by atoms with Crippen molar-refractivity contribution in [3.63, 3.8) is 0 Å². The van der Waals surface area contributed by atoms with Gasteiger partial charge in [-0.3, -0.25) is 0 Å². The standard InChI is InChI=1S/C24H33N3/c1-7-8-9-20(14-25)22-12-18(5)26-24-21(13-19(6)27(22)24)23-16(3)10-15(2)11-17(23)4/h10-13,20H,7-9,14,25H2,1-6H3. The number of fused-ring (bicyclic) bond motifs is 1. The second-order valence-electron chi connectivity index (χ2n) is 8.03. The predicted octanol–water partition coefficient (Wildman–Crippen LogP) is 5.78. The van der Waals surface area contributed by atoms with Crippen molar-refractivity contribution < 1.29 is 0 Å². The van der Waals surface area contributed by atoms with Gasteiger partial charge in [-0.2, -0.15) is 0 Å². The Hall–Kier alpha value is -2.13. The van der Waals surface area contributed by atoms with E-state index in [-0.39, 0.29) is 0 Å². The lowest BCUT2D eigenvalue weighted by Crippen LogP contribution is -2.17. The summed E-state index contributed by atoms with van der Waals surface area (Å²) >= 11 is 0. The minimum absolute atomic E-state index is 0.369. The number of hydrogen-bond acceptors (Lipinski definition) is 2. The molecule has 1 atom stereocenters. The highest BCUT2D eigenvalue weighted by Gasteiger charge is 2.20. The molecule has 0 saturated carbocycles. The minimum Gasteiger partial charge on any atom is -0.330 e. The molecule has 0 aliphatic carbocycles. The van der Waals surface area contributed by atoms with Crippen LogP contribution < -0.4 is 5.73 Å². The molecule has 0 radical (unpaired) electrons. The van der Waals surface area contributed by atoms with Crippen LogP contribution in [0.2, 0.25) is 0 Å². The van der Waals surface area contributed by atoms with E-state index in [2.05, 4.69) is 70.2 Å². The molecule has 2 aromatic heterocycles. The van der Waals surface area contributed by atoms with Crippen LogP contribution in [-0.4, -0.2) is 15.9 Å². The van der Waals surface area contributed by atoms with Crippen molar-refractivity contribution in [3.05, 3.63) is 58.0 Å². The maximum atomic E-state index is 6.19. The Bertz CT molecular complexity index is 942. The second kappa shape index (κ2) is 7.85. The van der Waals surface area contributed by atoms with Gasteiger partial charge in [-0.05, 0) is 69.9 Å². The molecule has 1 unspecified atom stereocenters. The van der Waals surface area contributed by atoms with Crippen LogP contribution in [0.15, 0.2) is 24.3 Å². The second-order valence-corrected chi connectivity index (χ2v) is 8.03. The molecule has 2 N–H and O–H groups in total. The number of nitrogens with two attached hydrogens (primary N) is 1. The van der Waals surface area contributed by atoms with E-state index < -0.39 is 0 Å². The molecule has 0 aliphatic rings. The van der Waals surface area contributed by atoms with Gasteiger partial charge in [0.1, 0.15) is 5.65 Å². The van der Waals surface area contributed by atoms with Crippen LogP contribution in [0.25, 0.3) is 16.8 Å². The van der Waals surface area contributed by atoms with Gasteiger partial charge in [0.15, 0.2) is 0 Å². The molecule has 0 saturated heterocycles. The first-order valence-corrected chi connectivity index (χ1v) is 10.1. The molecule has 3 rings (SSSR count). The van der Waals surface area contributed by atoms with Gasteiger partial charge in [0, 0.05) is 35.1 Å². The van der Waals surface area contributed by atoms with Gasteiger partial charge < -0.3 is 10.1 Å². The maximum Gasteiger partial charge on any atom is 0.145 e. The van der Waals surface area contributed by atoms with Crippen molar-refractivity contribution in [1.29, 1.82) is 0 Å². The average Bonchev–Trinajstić information content (AvgIpc) is 2.91. The van der Waals surface area contributed by atoms with E-state index in [0.717, 1.165) is 17.8 Å². The van der Waals surface area contributed by atoms with Crippen molar-refractivity contribution in [1.82, 2.24) is 9.38 Å². The van der Waals surface area contributed by atoms with Gasteiger partial charge in [-0.25, -0.2) is 4.98 Å². The molecule has 3 aromatic rings. The van der Waals surface area contributed by atoms with E-state index in [1.165, 1.54) is 52.0 Å². The smallest absolute Gasteiger partial charge is 0.145 e. The topological polar surface area (TPSA) is 43.3 Å². The summed E-state index contributed by atoms with van der Waals surface area (Å²) in [6, 6.07) is 9.05. The number of hydrogen-bond donors (Lipinski definition) is 1. The van der Waals surface area contributed by atoms with E-state index in [9.17, 15) is 0 Å². The third kappa shape index (κ3) is 3.66. The zero-order valence-electron chi connectivity index (χ0n) is 17.7. The van der Waals surface area contributed by atoms with Crippen LogP contribution in [0.3, 0.4) is 0 Å². The number of aromatic nitrogens is 2. The highest BCUT2D eigenvalue weighted by Crippen LogP contribution is 2.35. The number of rotatable bonds is 6. The molecular weight excluding hydrogens is 330 g/mol. The zero-order valence-corrected chi connectivity index (χ0v) is 17.7. The Morgan fingerprint density at radius 1 is 1.00 bits per heavy atom. The summed E-state index contributed by atoms with van der Waals surface area (Å²) in [5, 5.41) is 0. The summed E-state index contributed by atoms with van der Waals surface area (Å²) in [5.74, 6) is 0.369. The minimum atomic E-state index is 0.369. The normalized spacial score (nSPS) is 12.7. The molecule has 2 heterocycles. The van der Waals surface area contributed by atoms with Crippen molar-refractivity contribution in [2.45, 2.75) is 66.7 Å². The number of unbranched alkanes of at least 4 members (excludes halogenated alkanes) is 1. The summed E-state index contributed by atoms with van der Waals surface area (Å²) < 4.78 is 2.34. The SMILES string of the molecule is CCCCC(CN)c1cc(C)nc2c(-c3c(C)cc(C)cc3C)cc(C)n12. The fourth-order valence-corrected chi connectivity index (χ4v) is 4.47. The van der Waals surface area contributed by atoms with Crippen molar-refractivity contribution in [2.24, 2.45) is 5.73 Å².